The molecule has 3 rings (SSSR count). The molecule has 122 valence electrons. The zero-order valence-electron chi connectivity index (χ0n) is 13.1. The van der Waals surface area contributed by atoms with Crippen molar-refractivity contribution in [2.24, 2.45) is 0 Å². The van der Waals surface area contributed by atoms with Crippen LogP contribution in [0.2, 0.25) is 0 Å². The third-order valence-electron chi connectivity index (χ3n) is 4.49. The molecule has 1 heterocycles. The lowest BCUT2D eigenvalue weighted by atomic mass is 10.1. The van der Waals surface area contributed by atoms with Crippen molar-refractivity contribution in [3.63, 3.8) is 0 Å². The first-order valence-electron chi connectivity index (χ1n) is 7.85. The van der Waals surface area contributed by atoms with Gasteiger partial charge in [-0.3, -0.25) is 0 Å². The Hall–Kier alpha value is -0.950. The van der Waals surface area contributed by atoms with Gasteiger partial charge in [-0.25, -0.2) is 8.42 Å². The summed E-state index contributed by atoms with van der Waals surface area (Å²) in [6.45, 7) is 5.37. The summed E-state index contributed by atoms with van der Waals surface area (Å²) in [6, 6.07) is 6.93. The van der Waals surface area contributed by atoms with Crippen LogP contribution in [0.1, 0.15) is 25.3 Å². The first-order valence-corrected chi connectivity index (χ1v) is 9.29. The number of sulfonamides is 1. The lowest BCUT2D eigenvalue weighted by Crippen LogP contribution is -2.53. The molecule has 5 nitrogen and oxygen atoms in total. The molecule has 6 heteroatoms. The maximum atomic E-state index is 12.9. The van der Waals surface area contributed by atoms with Gasteiger partial charge in [0.15, 0.2) is 0 Å². The molecule has 1 saturated heterocycles. The van der Waals surface area contributed by atoms with Gasteiger partial charge in [0.1, 0.15) is 6.10 Å². The molecule has 3 atom stereocenters. The summed E-state index contributed by atoms with van der Waals surface area (Å²) >= 11 is 0. The Labute approximate surface area is 132 Å². The van der Waals surface area contributed by atoms with Crippen molar-refractivity contribution in [3.05, 3.63) is 29.8 Å². The Balaban J connectivity index is 1.86. The number of benzene rings is 1. The van der Waals surface area contributed by atoms with E-state index in [1.165, 1.54) is 0 Å². The Morgan fingerprint density at radius 1 is 1.27 bits per heavy atom. The molecule has 0 aromatic heterocycles. The van der Waals surface area contributed by atoms with Crippen LogP contribution in [-0.2, 0) is 19.5 Å². The predicted molar refractivity (Wildman–Crippen MR) is 83.2 cm³/mol. The molecule has 0 N–H and O–H groups in total. The number of rotatable bonds is 4. The molecule has 2 fully saturated rings. The number of ether oxygens (including phenoxy) is 2. The van der Waals surface area contributed by atoms with E-state index in [1.807, 2.05) is 26.0 Å². The van der Waals surface area contributed by atoms with Crippen molar-refractivity contribution < 1.29 is 17.9 Å². The van der Waals surface area contributed by atoms with E-state index in [0.29, 0.717) is 24.7 Å². The van der Waals surface area contributed by atoms with Gasteiger partial charge in [0.05, 0.1) is 23.6 Å². The summed E-state index contributed by atoms with van der Waals surface area (Å²) in [5.41, 5.74) is 1.05. The third-order valence-corrected chi connectivity index (χ3v) is 6.43. The van der Waals surface area contributed by atoms with Crippen LogP contribution in [0.4, 0.5) is 0 Å². The second kappa shape index (κ2) is 6.28. The molecule has 0 amide bonds. The van der Waals surface area contributed by atoms with Crippen LogP contribution in [0.3, 0.4) is 0 Å². The fourth-order valence-electron chi connectivity index (χ4n) is 3.42. The lowest BCUT2D eigenvalue weighted by Gasteiger charge is -2.38. The highest BCUT2D eigenvalue weighted by Crippen LogP contribution is 2.35. The Morgan fingerprint density at radius 2 is 2.00 bits per heavy atom. The van der Waals surface area contributed by atoms with Gasteiger partial charge in [0, 0.05) is 13.2 Å². The zero-order chi connectivity index (χ0) is 15.7. The summed E-state index contributed by atoms with van der Waals surface area (Å²) in [4.78, 5) is 0.360. The van der Waals surface area contributed by atoms with Crippen LogP contribution in [0.15, 0.2) is 29.2 Å². The molecule has 0 radical (unpaired) electrons. The summed E-state index contributed by atoms with van der Waals surface area (Å²) in [7, 11) is -3.47. The fraction of sp³-hybridized carbons (Fsp3) is 0.625. The SMILES string of the molecule is CCO[C@H]1CC[C@@H]2[C@@H]1OCCN2S(=O)(=O)c1ccc(C)cc1. The van der Waals surface area contributed by atoms with Gasteiger partial charge in [0.2, 0.25) is 10.0 Å². The van der Waals surface area contributed by atoms with Gasteiger partial charge < -0.3 is 9.47 Å². The topological polar surface area (TPSA) is 55.8 Å². The number of nitrogens with zero attached hydrogens (tertiary/aromatic N) is 1. The van der Waals surface area contributed by atoms with Crippen LogP contribution < -0.4 is 0 Å². The van der Waals surface area contributed by atoms with Gasteiger partial charge in [-0.05, 0) is 38.8 Å². The lowest BCUT2D eigenvalue weighted by molar-refractivity contribution is -0.0938. The Morgan fingerprint density at radius 3 is 2.68 bits per heavy atom. The molecule has 1 aromatic rings. The van der Waals surface area contributed by atoms with Crippen LogP contribution >= 0.6 is 0 Å². The minimum Gasteiger partial charge on any atom is -0.376 e. The van der Waals surface area contributed by atoms with Crippen molar-refractivity contribution in [1.82, 2.24) is 4.31 Å². The van der Waals surface area contributed by atoms with E-state index >= 15 is 0 Å². The van der Waals surface area contributed by atoms with Gasteiger partial charge >= 0.3 is 0 Å². The predicted octanol–water partition coefficient (Wildman–Crippen LogP) is 1.95. The molecular formula is C16H23NO4S. The molecule has 0 spiro atoms. The minimum atomic E-state index is -3.47. The van der Waals surface area contributed by atoms with Gasteiger partial charge in [-0.2, -0.15) is 4.31 Å². The molecular weight excluding hydrogens is 302 g/mol. The van der Waals surface area contributed by atoms with E-state index in [2.05, 4.69) is 0 Å². The highest BCUT2D eigenvalue weighted by Gasteiger charge is 2.47. The molecule has 2 aliphatic rings. The standard InChI is InChI=1S/C16H23NO4S/c1-3-20-15-9-8-14-16(15)21-11-10-17(14)22(18,19)13-6-4-12(2)5-7-13/h4-7,14-16H,3,8-11H2,1-2H3/t14-,15+,16+/m1/s1. The maximum Gasteiger partial charge on any atom is 0.243 e. The van der Waals surface area contributed by atoms with E-state index in [1.54, 1.807) is 16.4 Å². The quantitative estimate of drug-likeness (QED) is 0.849. The van der Waals surface area contributed by atoms with Gasteiger partial charge in [-0.1, -0.05) is 17.7 Å². The Bertz CT molecular complexity index is 614. The summed E-state index contributed by atoms with van der Waals surface area (Å²) in [6.07, 6.45) is 1.50. The number of aryl methyl sites for hydroxylation is 1. The summed E-state index contributed by atoms with van der Waals surface area (Å²) < 4.78 is 39.0. The molecule has 1 aliphatic heterocycles. The van der Waals surface area contributed by atoms with Crippen molar-refractivity contribution in [3.8, 4) is 0 Å². The maximum absolute atomic E-state index is 12.9. The van der Waals surface area contributed by atoms with E-state index in [-0.39, 0.29) is 18.2 Å². The largest absolute Gasteiger partial charge is 0.376 e. The highest BCUT2D eigenvalue weighted by atomic mass is 32.2. The van der Waals surface area contributed by atoms with Gasteiger partial charge in [0.25, 0.3) is 0 Å². The second-order valence-corrected chi connectivity index (χ2v) is 7.79. The fourth-order valence-corrected chi connectivity index (χ4v) is 5.07. The normalized spacial score (nSPS) is 29.5. The van der Waals surface area contributed by atoms with Crippen molar-refractivity contribution in [2.75, 3.05) is 19.8 Å². The van der Waals surface area contributed by atoms with E-state index in [0.717, 1.165) is 18.4 Å². The number of hydrogen-bond acceptors (Lipinski definition) is 4. The number of hydrogen-bond donors (Lipinski definition) is 0. The van der Waals surface area contributed by atoms with Crippen molar-refractivity contribution in [2.45, 2.75) is 49.8 Å². The first-order chi connectivity index (χ1) is 10.5. The van der Waals surface area contributed by atoms with Crippen molar-refractivity contribution in [1.29, 1.82) is 0 Å². The smallest absolute Gasteiger partial charge is 0.243 e. The van der Waals surface area contributed by atoms with Crippen LogP contribution in [0, 0.1) is 6.92 Å². The molecule has 1 saturated carbocycles. The molecule has 1 aromatic carbocycles. The Kier molecular flexibility index (Phi) is 4.54. The van der Waals surface area contributed by atoms with E-state index in [4.69, 9.17) is 9.47 Å². The average molecular weight is 325 g/mol. The van der Waals surface area contributed by atoms with Crippen molar-refractivity contribution >= 4 is 10.0 Å². The second-order valence-electron chi connectivity index (χ2n) is 5.90. The number of morpholine rings is 1. The molecule has 1 aliphatic carbocycles. The molecule has 22 heavy (non-hydrogen) atoms. The zero-order valence-corrected chi connectivity index (χ0v) is 13.9. The van der Waals surface area contributed by atoms with Crippen LogP contribution in [0.25, 0.3) is 0 Å². The monoisotopic (exact) mass is 325 g/mol. The first kappa shape index (κ1) is 15.9. The highest BCUT2D eigenvalue weighted by molar-refractivity contribution is 7.89. The molecule has 0 bridgehead atoms. The summed E-state index contributed by atoms with van der Waals surface area (Å²) in [5, 5.41) is 0. The molecule has 0 unspecified atom stereocenters. The van der Waals surface area contributed by atoms with Crippen LogP contribution in [-0.4, -0.2) is 50.7 Å². The van der Waals surface area contributed by atoms with E-state index < -0.39 is 10.0 Å². The summed E-state index contributed by atoms with van der Waals surface area (Å²) in [5.74, 6) is 0. The minimum absolute atomic E-state index is 0.00557. The van der Waals surface area contributed by atoms with Gasteiger partial charge in [-0.15, -0.1) is 0 Å². The van der Waals surface area contributed by atoms with E-state index in [9.17, 15) is 8.42 Å². The number of fused-ring (bicyclic) bond motifs is 1. The average Bonchev–Trinajstić information content (AvgIpc) is 2.91. The van der Waals surface area contributed by atoms with Crippen LogP contribution in [0.5, 0.6) is 0 Å². The third kappa shape index (κ3) is 2.80.